The molecule has 0 spiro atoms. The fourth-order valence-electron chi connectivity index (χ4n) is 11.5. The molecule has 10 aromatic carbocycles. The number of hydrogen-bond acceptors (Lipinski definition) is 5. The number of nitrogens with zero attached hydrogens (tertiary/aromatic N) is 4. The quantitative estimate of drug-likeness (QED) is 0.101. The molecule has 0 saturated heterocycles. The topological polar surface area (TPSA) is 31.8 Å². The van der Waals surface area contributed by atoms with Gasteiger partial charge < -0.3 is 19.4 Å². The first kappa shape index (κ1) is 43.2. The molecule has 0 amide bonds. The minimum atomic E-state index is -3.20. The van der Waals surface area contributed by atoms with Crippen LogP contribution in [0.15, 0.2) is 249 Å². The summed E-state index contributed by atoms with van der Waals surface area (Å²) in [5, 5.41) is 4.45. The summed E-state index contributed by atoms with van der Waals surface area (Å²) in [5.41, 5.74) is 9.63. The first-order valence-electron chi connectivity index (χ1n) is 32.2. The molecule has 2 aliphatic rings. The van der Waals surface area contributed by atoms with Gasteiger partial charge in [0.25, 0.3) is 0 Å². The van der Waals surface area contributed by atoms with Crippen molar-refractivity contribution in [1.29, 1.82) is 0 Å². The second-order valence-electron chi connectivity index (χ2n) is 22.6. The zero-order valence-corrected chi connectivity index (χ0v) is 49.8. The van der Waals surface area contributed by atoms with Gasteiger partial charge in [0, 0.05) is 78.2 Å². The van der Waals surface area contributed by atoms with Crippen molar-refractivity contribution < 1.29 is 39.5 Å². The molecule has 0 unspecified atom stereocenters. The molecule has 1 aromatic heterocycles. The Kier molecular flexibility index (Phi) is 11.5. The van der Waals surface area contributed by atoms with Crippen molar-refractivity contribution in [2.24, 2.45) is 0 Å². The van der Waals surface area contributed by atoms with Gasteiger partial charge in [-0.25, -0.2) is 4.98 Å². The van der Waals surface area contributed by atoms with E-state index in [4.69, 9.17) is 20.7 Å². The second-order valence-corrected chi connectivity index (χ2v) is 26.4. The third-order valence-corrected chi connectivity index (χ3v) is 20.3. The Labute approximate surface area is 513 Å². The molecular weight excluding hydrogens is 1200 g/mol. The van der Waals surface area contributed by atoms with E-state index in [1.165, 1.54) is 0 Å². The van der Waals surface area contributed by atoms with E-state index < -0.39 is 44.3 Å². The smallest absolute Gasteiger partial charge is 0.135 e. The van der Waals surface area contributed by atoms with Crippen LogP contribution in [0.5, 0.6) is 11.5 Å². The van der Waals surface area contributed by atoms with Gasteiger partial charge in [0.2, 0.25) is 0 Å². The number of para-hydroxylation sites is 4. The molecular formula is C75H63N4OPtSi-3. The van der Waals surface area contributed by atoms with E-state index in [9.17, 15) is 2.74 Å². The molecule has 0 aliphatic carbocycles. The number of ether oxygens (including phenoxy) is 1. The summed E-state index contributed by atoms with van der Waals surface area (Å²) in [6.45, 7) is 17.0. The molecule has 0 saturated carbocycles. The molecule has 0 radical (unpaired) electrons. The van der Waals surface area contributed by atoms with Gasteiger partial charge in [-0.2, -0.15) is 12.1 Å². The molecule has 7 heteroatoms. The van der Waals surface area contributed by atoms with Crippen LogP contribution in [0, 0.1) is 25.7 Å². The van der Waals surface area contributed by atoms with Gasteiger partial charge in [-0.05, 0) is 80.6 Å². The van der Waals surface area contributed by atoms with Crippen LogP contribution in [0.2, 0.25) is 0 Å². The molecule has 5 nitrogen and oxygen atoms in total. The number of benzene rings is 10. The van der Waals surface area contributed by atoms with Crippen molar-refractivity contribution >= 4 is 68.8 Å². The standard InChI is InChI=1S/C75H63N4OSi.Pt/c1-52-44-72(76-50-65(52)54-28-14-9-15-29-54)79-68-40-22-23-41-70(68)81(61-32-16-10-17-33-61,62-34-18-11-19-35-62)71-43-42-60(49-69(71)79)80-59-31-24-30-58(48-59)77-51-78(67-39-21-20-38-66(67)77)73-63(53-26-12-8-13-27-53)36-25-37-64(73)55-45-56(74(2,3)4)47-57(46-55)75(5,6)7;/h8-47,50-51H,1-7H3;/q-3;/i8D,9D,12D,13D,14D,15D,26D,27D,28D,29D;. The van der Waals surface area contributed by atoms with Crippen LogP contribution in [-0.4, -0.2) is 13.1 Å². The molecule has 11 aromatic rings. The summed E-state index contributed by atoms with van der Waals surface area (Å²) >= 11 is 0. The van der Waals surface area contributed by atoms with E-state index in [0.29, 0.717) is 51.1 Å². The predicted octanol–water partition coefficient (Wildman–Crippen LogP) is 16.9. The van der Waals surface area contributed by atoms with E-state index in [0.717, 1.165) is 60.1 Å². The van der Waals surface area contributed by atoms with Gasteiger partial charge in [-0.3, -0.25) is 0 Å². The average Bonchev–Trinajstić information content (AvgIpc) is 0.810. The predicted molar refractivity (Wildman–Crippen MR) is 340 cm³/mol. The summed E-state index contributed by atoms with van der Waals surface area (Å²) in [5.74, 6) is 1.31. The monoisotopic (exact) mass is 1270 g/mol. The first-order chi connectivity index (χ1) is 43.5. The van der Waals surface area contributed by atoms with Crippen LogP contribution < -0.4 is 40.2 Å². The van der Waals surface area contributed by atoms with Crippen LogP contribution in [0.25, 0.3) is 33.4 Å². The number of hydrogen-bond donors (Lipinski definition) is 0. The molecule has 406 valence electrons. The number of fused-ring (bicyclic) bond motifs is 3. The Morgan fingerprint density at radius 3 is 1.65 bits per heavy atom. The SMILES string of the molecule is [2H]c1c([2H])c([2H])c(-c2cnc(N3c4[c-]c(Oc5[c-]c(N6[CH-]N(c7c(-c8cc(C(C)(C)C)cc(C(C)(C)C)c8)cccc7-c7c([2H])c([2H])c([2H])c([2H])c7[2H])c7ccccc76)ccc5)ccc4[Si](c4ccccc4)(c4ccccc4)c4ccccc43)cc2C)c([2H])c1[2H].[Pt]. The number of anilines is 7. The summed E-state index contributed by atoms with van der Waals surface area (Å²) in [7, 11) is -3.20. The van der Waals surface area contributed by atoms with Crippen LogP contribution in [0.1, 0.15) is 71.9 Å². The zero-order valence-electron chi connectivity index (χ0n) is 56.5. The molecule has 0 atom stereocenters. The number of pyridine rings is 1. The Balaban J connectivity index is 0.00000816. The molecule has 3 heterocycles. The third-order valence-electron chi connectivity index (χ3n) is 15.5. The fourth-order valence-corrected chi connectivity index (χ4v) is 16.5. The number of aromatic nitrogens is 1. The molecule has 82 heavy (non-hydrogen) atoms. The average molecular weight is 1270 g/mol. The van der Waals surface area contributed by atoms with E-state index in [1.54, 1.807) is 6.20 Å². The van der Waals surface area contributed by atoms with Gasteiger partial charge in [0.05, 0.1) is 13.7 Å². The van der Waals surface area contributed by atoms with Crippen LogP contribution in [0.3, 0.4) is 0 Å². The Hall–Kier alpha value is -8.54. The summed E-state index contributed by atoms with van der Waals surface area (Å²) in [4.78, 5) is 11.2. The van der Waals surface area contributed by atoms with Crippen LogP contribution >= 0.6 is 0 Å². The van der Waals surface area contributed by atoms with Crippen molar-refractivity contribution in [2.75, 3.05) is 14.7 Å². The van der Waals surface area contributed by atoms with E-state index in [2.05, 4.69) is 154 Å². The Morgan fingerprint density at radius 2 is 1.04 bits per heavy atom. The molecule has 2 aliphatic heterocycles. The summed E-state index contributed by atoms with van der Waals surface area (Å²) in [6.07, 6.45) is 1.59. The van der Waals surface area contributed by atoms with Crippen molar-refractivity contribution in [3.8, 4) is 44.9 Å². The number of aryl methyl sites for hydroxylation is 1. The van der Waals surface area contributed by atoms with Crippen molar-refractivity contribution in [1.82, 2.24) is 4.98 Å². The van der Waals surface area contributed by atoms with E-state index in [1.807, 2.05) is 109 Å². The molecule has 0 bridgehead atoms. The Morgan fingerprint density at radius 1 is 0.500 bits per heavy atom. The third kappa shape index (κ3) is 9.68. The van der Waals surface area contributed by atoms with Crippen molar-refractivity contribution in [3.63, 3.8) is 0 Å². The van der Waals surface area contributed by atoms with Gasteiger partial charge in [0.15, 0.2) is 0 Å². The molecule has 0 fully saturated rings. The maximum atomic E-state index is 9.33. The largest absolute Gasteiger partial charge is 0.509 e. The number of rotatable bonds is 10. The normalized spacial score (nSPS) is 15.1. The van der Waals surface area contributed by atoms with Crippen molar-refractivity contribution in [2.45, 2.75) is 59.3 Å². The summed E-state index contributed by atoms with van der Waals surface area (Å²) < 4.78 is 94.8. The first-order valence-corrected chi connectivity index (χ1v) is 29.2. The maximum absolute atomic E-state index is 9.33. The van der Waals surface area contributed by atoms with Crippen LogP contribution in [-0.2, 0) is 31.9 Å². The fraction of sp³-hybridized carbons (Fsp3) is 0.120. The minimum Gasteiger partial charge on any atom is -0.509 e. The zero-order chi connectivity index (χ0) is 64.2. The van der Waals surface area contributed by atoms with Gasteiger partial charge in [-0.1, -0.05) is 245 Å². The van der Waals surface area contributed by atoms with E-state index in [-0.39, 0.29) is 67.2 Å². The van der Waals surface area contributed by atoms with Gasteiger partial charge >= 0.3 is 0 Å². The maximum Gasteiger partial charge on any atom is 0.135 e. The van der Waals surface area contributed by atoms with Gasteiger partial charge in [0.1, 0.15) is 13.9 Å². The van der Waals surface area contributed by atoms with Crippen LogP contribution in [0.4, 0.5) is 39.9 Å². The molecule has 0 N–H and O–H groups in total. The van der Waals surface area contributed by atoms with Gasteiger partial charge in [-0.15, -0.1) is 47.9 Å². The molecule has 13 rings (SSSR count). The van der Waals surface area contributed by atoms with E-state index >= 15 is 0 Å². The Bertz CT molecular complexity index is 4620. The second kappa shape index (κ2) is 21.7. The minimum absolute atomic E-state index is 0. The van der Waals surface area contributed by atoms with Crippen molar-refractivity contribution in [3.05, 3.63) is 284 Å². The summed E-state index contributed by atoms with van der Waals surface area (Å²) in [6, 6.07) is 65.2.